The van der Waals surface area contributed by atoms with Gasteiger partial charge in [-0.15, -0.1) is 0 Å². The molecule has 0 bridgehead atoms. The van der Waals surface area contributed by atoms with Gasteiger partial charge in [-0.05, 0) is 42.3 Å². The van der Waals surface area contributed by atoms with Crippen molar-refractivity contribution in [1.82, 2.24) is 20.2 Å². The summed E-state index contributed by atoms with van der Waals surface area (Å²) in [6, 6.07) is 12.0. The number of hydrogen-bond donors (Lipinski definition) is 2. The van der Waals surface area contributed by atoms with E-state index in [2.05, 4.69) is 15.3 Å². The molecule has 0 aliphatic carbocycles. The van der Waals surface area contributed by atoms with Crippen LogP contribution in [0.1, 0.15) is 37.2 Å². The maximum atomic E-state index is 13.2. The summed E-state index contributed by atoms with van der Waals surface area (Å²) in [7, 11) is 0. The number of aromatic nitrogens is 2. The molecule has 0 radical (unpaired) electrons. The predicted octanol–water partition coefficient (Wildman–Crippen LogP) is 3.30. The number of para-hydroxylation sites is 2. The Labute approximate surface area is 196 Å². The Morgan fingerprint density at radius 1 is 1.06 bits per heavy atom. The van der Waals surface area contributed by atoms with Crippen LogP contribution in [0.2, 0.25) is 0 Å². The molecule has 8 nitrogen and oxygen atoms in total. The van der Waals surface area contributed by atoms with Crippen molar-refractivity contribution in [2.45, 2.75) is 38.8 Å². The Hall–Kier alpha value is -3.75. The summed E-state index contributed by atoms with van der Waals surface area (Å²) < 4.78 is 19.0. The maximum Gasteiger partial charge on any atom is 0.276 e. The van der Waals surface area contributed by atoms with Crippen LogP contribution in [0.25, 0.3) is 11.0 Å². The first-order valence-corrected chi connectivity index (χ1v) is 11.3. The Balaban J connectivity index is 1.39. The smallest absolute Gasteiger partial charge is 0.276 e. The number of aromatic hydroxyl groups is 1. The molecule has 2 amide bonds. The molecule has 1 aliphatic heterocycles. The number of halogens is 1. The molecule has 1 aliphatic rings. The number of nitrogens with zero attached hydrogens (tertiary/aromatic N) is 3. The van der Waals surface area contributed by atoms with Crippen molar-refractivity contribution < 1.29 is 23.8 Å². The second kappa shape index (κ2) is 10.0. The highest BCUT2D eigenvalue weighted by Crippen LogP contribution is 2.22. The second-order valence-electron chi connectivity index (χ2n) is 8.68. The van der Waals surface area contributed by atoms with E-state index in [0.29, 0.717) is 42.7 Å². The van der Waals surface area contributed by atoms with Crippen molar-refractivity contribution in [3.05, 3.63) is 60.0 Å². The van der Waals surface area contributed by atoms with Gasteiger partial charge in [0.1, 0.15) is 23.7 Å². The van der Waals surface area contributed by atoms with Crippen LogP contribution in [0.15, 0.2) is 48.5 Å². The van der Waals surface area contributed by atoms with Crippen molar-refractivity contribution >= 4 is 22.8 Å². The van der Waals surface area contributed by atoms with E-state index in [1.807, 2.05) is 13.8 Å². The van der Waals surface area contributed by atoms with Gasteiger partial charge in [-0.25, -0.2) is 14.4 Å². The van der Waals surface area contributed by atoms with Crippen LogP contribution in [-0.2, 0) is 4.79 Å². The number of rotatable bonds is 6. The third-order valence-corrected chi connectivity index (χ3v) is 5.86. The summed E-state index contributed by atoms with van der Waals surface area (Å²) >= 11 is 0. The first-order chi connectivity index (χ1) is 16.3. The molecule has 2 N–H and O–H groups in total. The lowest BCUT2D eigenvalue weighted by Gasteiger charge is -2.35. The highest BCUT2D eigenvalue weighted by Gasteiger charge is 2.33. The molecule has 2 heterocycles. The summed E-state index contributed by atoms with van der Waals surface area (Å²) in [5, 5.41) is 13.0. The van der Waals surface area contributed by atoms with Gasteiger partial charge in [-0.3, -0.25) is 9.59 Å². The number of piperidine rings is 1. The predicted molar refractivity (Wildman–Crippen MR) is 124 cm³/mol. The molecule has 34 heavy (non-hydrogen) atoms. The van der Waals surface area contributed by atoms with Crippen LogP contribution in [0.3, 0.4) is 0 Å². The molecule has 0 saturated carbocycles. The van der Waals surface area contributed by atoms with E-state index in [0.717, 1.165) is 0 Å². The lowest BCUT2D eigenvalue weighted by Crippen LogP contribution is -2.53. The van der Waals surface area contributed by atoms with Gasteiger partial charge in [0.2, 0.25) is 11.8 Å². The molecule has 178 valence electrons. The molecule has 1 fully saturated rings. The summed E-state index contributed by atoms with van der Waals surface area (Å²) in [5.74, 6) is -1.24. The molecule has 9 heteroatoms. The average molecular weight is 467 g/mol. The number of fused-ring (bicyclic) bond motifs is 1. The molecule has 0 spiro atoms. The topological polar surface area (TPSA) is 105 Å². The van der Waals surface area contributed by atoms with Crippen LogP contribution in [0.5, 0.6) is 11.6 Å². The summed E-state index contributed by atoms with van der Waals surface area (Å²) in [6.45, 7) is 4.65. The van der Waals surface area contributed by atoms with Gasteiger partial charge in [0.25, 0.3) is 5.91 Å². The van der Waals surface area contributed by atoms with E-state index in [1.165, 1.54) is 12.1 Å². The van der Waals surface area contributed by atoms with Gasteiger partial charge in [-0.2, -0.15) is 0 Å². The molecule has 1 saturated heterocycles. The van der Waals surface area contributed by atoms with E-state index >= 15 is 0 Å². The summed E-state index contributed by atoms with van der Waals surface area (Å²) in [6.07, 6.45) is 1.17. The van der Waals surface area contributed by atoms with E-state index in [9.17, 15) is 19.1 Å². The fraction of sp³-hybridized carbons (Fsp3) is 0.360. The number of likely N-dealkylation sites (tertiary alicyclic amines) is 1. The number of nitrogens with one attached hydrogen (secondary N) is 1. The van der Waals surface area contributed by atoms with Gasteiger partial charge in [0.15, 0.2) is 5.69 Å². The molecule has 2 aromatic carbocycles. The monoisotopic (exact) mass is 466 g/mol. The van der Waals surface area contributed by atoms with E-state index in [1.54, 1.807) is 41.3 Å². The Morgan fingerprint density at radius 2 is 1.68 bits per heavy atom. The number of amides is 2. The number of ether oxygens (including phenoxy) is 1. The first-order valence-electron chi connectivity index (χ1n) is 11.3. The van der Waals surface area contributed by atoms with Gasteiger partial charge < -0.3 is 20.1 Å². The maximum absolute atomic E-state index is 13.2. The first kappa shape index (κ1) is 23.4. The van der Waals surface area contributed by atoms with Crippen LogP contribution in [-0.4, -0.2) is 57.0 Å². The zero-order chi connectivity index (χ0) is 24.2. The quantitative estimate of drug-likeness (QED) is 0.578. The van der Waals surface area contributed by atoms with Crippen molar-refractivity contribution in [3.8, 4) is 11.6 Å². The van der Waals surface area contributed by atoms with Crippen LogP contribution in [0.4, 0.5) is 4.39 Å². The van der Waals surface area contributed by atoms with Crippen LogP contribution in [0, 0.1) is 11.7 Å². The normalized spacial score (nSPS) is 15.4. The molecule has 1 aromatic heterocycles. The molecule has 0 unspecified atom stereocenters. The van der Waals surface area contributed by atoms with Gasteiger partial charge in [0.05, 0.1) is 11.0 Å². The summed E-state index contributed by atoms with van der Waals surface area (Å²) in [4.78, 5) is 36.1. The SMILES string of the molecule is CC(C)[C@@H](NC(=O)c1nc2ccccc2nc1O)C(=O)N1CCC(Oc2ccc(F)cc2)CC1. The van der Waals surface area contributed by atoms with Crippen molar-refractivity contribution in [1.29, 1.82) is 0 Å². The average Bonchev–Trinajstić information content (AvgIpc) is 2.83. The van der Waals surface area contributed by atoms with Crippen molar-refractivity contribution in [3.63, 3.8) is 0 Å². The van der Waals surface area contributed by atoms with Crippen molar-refractivity contribution in [2.75, 3.05) is 13.1 Å². The minimum atomic E-state index is -0.783. The number of hydrogen-bond acceptors (Lipinski definition) is 6. The van der Waals surface area contributed by atoms with Crippen LogP contribution >= 0.6 is 0 Å². The highest BCUT2D eigenvalue weighted by molar-refractivity contribution is 5.99. The number of carbonyl (C=O) groups is 2. The third-order valence-electron chi connectivity index (χ3n) is 5.86. The fourth-order valence-electron chi connectivity index (χ4n) is 3.96. The van der Waals surface area contributed by atoms with Gasteiger partial charge in [-0.1, -0.05) is 26.0 Å². The zero-order valence-corrected chi connectivity index (χ0v) is 19.1. The summed E-state index contributed by atoms with van der Waals surface area (Å²) in [5.41, 5.74) is 0.725. The molecule has 3 aromatic rings. The molecule has 4 rings (SSSR count). The van der Waals surface area contributed by atoms with Crippen LogP contribution < -0.4 is 10.1 Å². The standard InChI is InChI=1S/C25H27FN4O4/c1-15(2)21(29-24(32)22-23(31)28-20-6-4-3-5-19(20)27-22)25(33)30-13-11-18(12-14-30)34-17-9-7-16(26)8-10-17/h3-10,15,18,21H,11-14H2,1-2H3,(H,28,31)(H,29,32)/t21-/m1/s1. The third kappa shape index (κ3) is 5.24. The van der Waals surface area contributed by atoms with E-state index in [4.69, 9.17) is 4.74 Å². The Bertz CT molecular complexity index is 1180. The molecular formula is C25H27FN4O4. The second-order valence-corrected chi connectivity index (χ2v) is 8.68. The minimum Gasteiger partial charge on any atom is -0.492 e. The lowest BCUT2D eigenvalue weighted by molar-refractivity contribution is -0.136. The largest absolute Gasteiger partial charge is 0.492 e. The Kier molecular flexibility index (Phi) is 6.90. The van der Waals surface area contributed by atoms with Gasteiger partial charge >= 0.3 is 0 Å². The molecule has 1 atom stereocenters. The fourth-order valence-corrected chi connectivity index (χ4v) is 3.96. The van der Waals surface area contributed by atoms with E-state index < -0.39 is 17.8 Å². The molecular weight excluding hydrogens is 439 g/mol. The van der Waals surface area contributed by atoms with Crippen molar-refractivity contribution in [2.24, 2.45) is 5.92 Å². The number of carbonyl (C=O) groups excluding carboxylic acids is 2. The van der Waals surface area contributed by atoms with E-state index in [-0.39, 0.29) is 29.4 Å². The highest BCUT2D eigenvalue weighted by atomic mass is 19.1. The minimum absolute atomic E-state index is 0.0774. The number of benzene rings is 2. The zero-order valence-electron chi connectivity index (χ0n) is 19.1. The Morgan fingerprint density at radius 3 is 2.29 bits per heavy atom. The van der Waals surface area contributed by atoms with Gasteiger partial charge in [0, 0.05) is 25.9 Å². The lowest BCUT2D eigenvalue weighted by atomic mass is 10.00.